The molecule has 4 N–H and O–H groups in total. The SMILES string of the molecule is COc1cc2[nH]c(=O)c(C(=O)Nc3cc(C(=O)CC(CN)c4ccccc4)ccc3C)cc2cn1. The highest BCUT2D eigenvalue weighted by molar-refractivity contribution is 6.07. The topological polar surface area (TPSA) is 127 Å². The van der Waals surface area contributed by atoms with Gasteiger partial charge in [-0.1, -0.05) is 42.5 Å². The van der Waals surface area contributed by atoms with Crippen molar-refractivity contribution in [3.63, 3.8) is 0 Å². The second kappa shape index (κ2) is 10.3. The number of amides is 1. The van der Waals surface area contributed by atoms with E-state index < -0.39 is 11.5 Å². The Balaban J connectivity index is 1.56. The zero-order valence-corrected chi connectivity index (χ0v) is 19.5. The third-order valence-electron chi connectivity index (χ3n) is 5.95. The Hall–Kier alpha value is -4.30. The maximum absolute atomic E-state index is 13.0. The van der Waals surface area contributed by atoms with Gasteiger partial charge in [-0.15, -0.1) is 0 Å². The van der Waals surface area contributed by atoms with E-state index in [0.29, 0.717) is 34.6 Å². The summed E-state index contributed by atoms with van der Waals surface area (Å²) in [5.41, 5.74) is 8.52. The number of ether oxygens (including phenoxy) is 1. The summed E-state index contributed by atoms with van der Waals surface area (Å²) in [4.78, 5) is 45.4. The van der Waals surface area contributed by atoms with E-state index in [1.54, 1.807) is 24.3 Å². The number of carbonyl (C=O) groups is 2. The van der Waals surface area contributed by atoms with Gasteiger partial charge >= 0.3 is 0 Å². The maximum atomic E-state index is 13.0. The first-order chi connectivity index (χ1) is 16.9. The van der Waals surface area contributed by atoms with Gasteiger partial charge in [-0.05, 0) is 36.7 Å². The van der Waals surface area contributed by atoms with Crippen molar-refractivity contribution < 1.29 is 14.3 Å². The van der Waals surface area contributed by atoms with Crippen molar-refractivity contribution >= 4 is 28.3 Å². The summed E-state index contributed by atoms with van der Waals surface area (Å²) in [6, 6.07) is 17.9. The molecule has 0 saturated heterocycles. The zero-order chi connectivity index (χ0) is 24.9. The first kappa shape index (κ1) is 23.8. The predicted molar refractivity (Wildman–Crippen MR) is 135 cm³/mol. The lowest BCUT2D eigenvalue weighted by molar-refractivity contribution is 0.0972. The Kier molecular flexibility index (Phi) is 7.03. The Morgan fingerprint density at radius 1 is 1.11 bits per heavy atom. The Morgan fingerprint density at radius 3 is 2.60 bits per heavy atom. The summed E-state index contributed by atoms with van der Waals surface area (Å²) in [7, 11) is 1.48. The first-order valence-corrected chi connectivity index (χ1v) is 11.2. The molecule has 1 atom stereocenters. The van der Waals surface area contributed by atoms with Crippen LogP contribution in [0, 0.1) is 6.92 Å². The van der Waals surface area contributed by atoms with Gasteiger partial charge in [0.05, 0.1) is 12.6 Å². The Bertz CT molecular complexity index is 1450. The lowest BCUT2D eigenvalue weighted by atomic mass is 9.91. The number of carbonyl (C=O) groups excluding carboxylic acids is 2. The van der Waals surface area contributed by atoms with Gasteiger partial charge in [-0.25, -0.2) is 4.98 Å². The molecule has 8 heteroatoms. The lowest BCUT2D eigenvalue weighted by Crippen LogP contribution is -2.23. The van der Waals surface area contributed by atoms with Crippen LogP contribution in [-0.2, 0) is 0 Å². The number of pyridine rings is 2. The van der Waals surface area contributed by atoms with Gasteiger partial charge in [0.2, 0.25) is 5.88 Å². The van der Waals surface area contributed by atoms with Crippen LogP contribution in [0.15, 0.2) is 71.7 Å². The molecule has 0 fully saturated rings. The Labute approximate surface area is 202 Å². The van der Waals surface area contributed by atoms with Crippen molar-refractivity contribution in [1.82, 2.24) is 9.97 Å². The number of Topliss-reactive ketones (excluding diaryl/α,β-unsaturated/α-hetero) is 1. The number of aromatic nitrogens is 2. The highest BCUT2D eigenvalue weighted by atomic mass is 16.5. The fraction of sp³-hybridized carbons (Fsp3) is 0.185. The number of anilines is 1. The second-order valence-corrected chi connectivity index (χ2v) is 8.28. The number of aryl methyl sites for hydroxylation is 1. The number of fused-ring (bicyclic) bond motifs is 1. The summed E-state index contributed by atoms with van der Waals surface area (Å²) in [6.07, 6.45) is 1.77. The molecule has 4 aromatic rings. The van der Waals surface area contributed by atoms with Gasteiger partial charge in [-0.2, -0.15) is 0 Å². The van der Waals surface area contributed by atoms with Crippen LogP contribution >= 0.6 is 0 Å². The van der Waals surface area contributed by atoms with E-state index in [0.717, 1.165) is 11.1 Å². The molecule has 0 spiro atoms. The predicted octanol–water partition coefficient (Wildman–Crippen LogP) is 3.81. The molecule has 0 radical (unpaired) electrons. The van der Waals surface area contributed by atoms with Crippen molar-refractivity contribution in [3.8, 4) is 5.88 Å². The van der Waals surface area contributed by atoms with Crippen molar-refractivity contribution in [3.05, 3.63) is 99.5 Å². The number of rotatable bonds is 8. The van der Waals surface area contributed by atoms with Gasteiger partial charge in [0, 0.05) is 41.2 Å². The van der Waals surface area contributed by atoms with Crippen LogP contribution in [0.2, 0.25) is 0 Å². The Morgan fingerprint density at radius 2 is 1.89 bits per heavy atom. The molecule has 8 nitrogen and oxygen atoms in total. The number of nitrogens with zero attached hydrogens (tertiary/aromatic N) is 1. The average molecular weight is 471 g/mol. The number of hydrogen-bond donors (Lipinski definition) is 3. The van der Waals surface area contributed by atoms with Gasteiger partial charge in [0.1, 0.15) is 5.56 Å². The summed E-state index contributed by atoms with van der Waals surface area (Å²) < 4.78 is 5.07. The fourth-order valence-electron chi connectivity index (χ4n) is 3.88. The molecule has 2 aromatic carbocycles. The third-order valence-corrected chi connectivity index (χ3v) is 5.95. The van der Waals surface area contributed by atoms with E-state index in [4.69, 9.17) is 10.5 Å². The summed E-state index contributed by atoms with van der Waals surface area (Å²) in [5.74, 6) is -0.415. The molecule has 178 valence electrons. The molecule has 35 heavy (non-hydrogen) atoms. The molecule has 1 unspecified atom stereocenters. The van der Waals surface area contributed by atoms with Crippen LogP contribution in [0.4, 0.5) is 5.69 Å². The van der Waals surface area contributed by atoms with Crippen molar-refractivity contribution in [2.45, 2.75) is 19.3 Å². The number of hydrogen-bond acceptors (Lipinski definition) is 6. The summed E-state index contributed by atoms with van der Waals surface area (Å²) in [6.45, 7) is 2.16. The van der Waals surface area contributed by atoms with Gasteiger partial charge in [0.15, 0.2) is 5.78 Å². The molecule has 1 amide bonds. The van der Waals surface area contributed by atoms with Crippen molar-refractivity contribution in [1.29, 1.82) is 0 Å². The minimum absolute atomic E-state index is 0.0622. The standard InChI is InChI=1S/C27H26N4O4/c1-16-8-9-18(24(32)12-19(14-28)17-6-4-3-5-7-17)11-22(16)30-26(33)21-10-20-15-29-25(35-2)13-23(20)31-27(21)34/h3-11,13,15,19H,12,14,28H2,1-2H3,(H,30,33)(H,31,34). The molecule has 2 heterocycles. The van der Waals surface area contributed by atoms with Gasteiger partial charge in [0.25, 0.3) is 11.5 Å². The highest BCUT2D eigenvalue weighted by Crippen LogP contribution is 2.24. The molecule has 0 bridgehead atoms. The molecular weight excluding hydrogens is 444 g/mol. The van der Waals surface area contributed by atoms with Crippen LogP contribution < -0.4 is 21.3 Å². The van der Waals surface area contributed by atoms with Gasteiger partial charge in [-0.3, -0.25) is 14.4 Å². The number of benzene rings is 2. The highest BCUT2D eigenvalue weighted by Gasteiger charge is 2.18. The summed E-state index contributed by atoms with van der Waals surface area (Å²) in [5, 5.41) is 3.36. The minimum Gasteiger partial charge on any atom is -0.481 e. The van der Waals surface area contributed by atoms with Crippen molar-refractivity contribution in [2.24, 2.45) is 5.73 Å². The van der Waals surface area contributed by atoms with Crippen LogP contribution in [0.1, 0.15) is 44.2 Å². The third kappa shape index (κ3) is 5.28. The normalized spacial score (nSPS) is 11.7. The maximum Gasteiger partial charge on any atom is 0.261 e. The molecule has 0 aliphatic rings. The van der Waals surface area contributed by atoms with Crippen LogP contribution in [0.3, 0.4) is 0 Å². The zero-order valence-electron chi connectivity index (χ0n) is 19.5. The number of H-pyrrole nitrogens is 1. The van der Waals surface area contributed by atoms with Crippen LogP contribution in [0.25, 0.3) is 10.9 Å². The van der Waals surface area contributed by atoms with Crippen LogP contribution in [0.5, 0.6) is 5.88 Å². The van der Waals surface area contributed by atoms with E-state index in [2.05, 4.69) is 15.3 Å². The summed E-state index contributed by atoms with van der Waals surface area (Å²) >= 11 is 0. The second-order valence-electron chi connectivity index (χ2n) is 8.28. The lowest BCUT2D eigenvalue weighted by Gasteiger charge is -2.15. The number of nitrogens with one attached hydrogen (secondary N) is 2. The molecule has 0 aliphatic heterocycles. The number of nitrogens with two attached hydrogens (primary N) is 1. The van der Waals surface area contributed by atoms with Crippen LogP contribution in [-0.4, -0.2) is 35.3 Å². The first-order valence-electron chi connectivity index (χ1n) is 11.2. The molecule has 2 aromatic heterocycles. The minimum atomic E-state index is -0.583. The molecule has 4 rings (SSSR count). The number of aromatic amines is 1. The van der Waals surface area contributed by atoms with Gasteiger partial charge < -0.3 is 20.8 Å². The van der Waals surface area contributed by atoms with E-state index in [9.17, 15) is 14.4 Å². The van der Waals surface area contributed by atoms with E-state index in [1.165, 1.54) is 19.4 Å². The number of ketones is 1. The molecule has 0 saturated carbocycles. The van der Waals surface area contributed by atoms with E-state index in [1.807, 2.05) is 37.3 Å². The van der Waals surface area contributed by atoms with E-state index in [-0.39, 0.29) is 23.7 Å². The largest absolute Gasteiger partial charge is 0.481 e. The quantitative estimate of drug-likeness (QED) is 0.336. The molecular formula is C27H26N4O4. The monoisotopic (exact) mass is 470 g/mol. The molecule has 0 aliphatic carbocycles. The van der Waals surface area contributed by atoms with E-state index >= 15 is 0 Å². The fourth-order valence-corrected chi connectivity index (χ4v) is 3.88. The number of methoxy groups -OCH3 is 1. The average Bonchev–Trinajstić information content (AvgIpc) is 2.88. The van der Waals surface area contributed by atoms with Crippen molar-refractivity contribution in [2.75, 3.05) is 19.0 Å². The smallest absolute Gasteiger partial charge is 0.261 e.